The zero-order valence-corrected chi connectivity index (χ0v) is 9.68. The van der Waals surface area contributed by atoms with Crippen LogP contribution in [0.1, 0.15) is 16.2 Å². The molecule has 17 heavy (non-hydrogen) atoms. The first-order chi connectivity index (χ1) is 8.13. The molecule has 1 aromatic heterocycles. The number of rotatable bonds is 3. The molecule has 0 unspecified atom stereocenters. The number of hydrogen-bond acceptors (Lipinski definition) is 4. The number of carbonyl (C=O) groups is 1. The maximum Gasteiger partial charge on any atom is 0.230 e. The van der Waals surface area contributed by atoms with Crippen LogP contribution in [0.15, 0.2) is 30.6 Å². The van der Waals surface area contributed by atoms with Crippen LogP contribution in [0.4, 0.5) is 5.69 Å². The number of nitrogens with two attached hydrogens (primary N) is 1. The molecule has 2 rings (SSSR count). The van der Waals surface area contributed by atoms with Gasteiger partial charge in [0.1, 0.15) is 5.75 Å². The first-order valence-electron chi connectivity index (χ1n) is 5.09. The number of aromatic nitrogens is 2. The van der Waals surface area contributed by atoms with Gasteiger partial charge in [-0.1, -0.05) is 0 Å². The summed E-state index contributed by atoms with van der Waals surface area (Å²) < 4.78 is 6.73. The van der Waals surface area contributed by atoms with E-state index >= 15 is 0 Å². The van der Waals surface area contributed by atoms with E-state index < -0.39 is 0 Å². The standard InChI is InChI=1S/C12H13N3O2/c1-15-6-5-14-12(15)11(16)9-7-8(17-2)3-4-10(9)13/h3-7H,13H2,1-2H3. The first kappa shape index (κ1) is 11.2. The molecule has 0 aliphatic carbocycles. The smallest absolute Gasteiger partial charge is 0.230 e. The third-order valence-electron chi connectivity index (χ3n) is 2.53. The van der Waals surface area contributed by atoms with Crippen molar-refractivity contribution in [2.45, 2.75) is 0 Å². The molecule has 0 saturated heterocycles. The molecular formula is C12H13N3O2. The minimum Gasteiger partial charge on any atom is -0.497 e. The third kappa shape index (κ3) is 1.99. The summed E-state index contributed by atoms with van der Waals surface area (Å²) in [4.78, 5) is 16.2. The van der Waals surface area contributed by atoms with Gasteiger partial charge in [-0.3, -0.25) is 4.79 Å². The van der Waals surface area contributed by atoms with Crippen molar-refractivity contribution in [1.82, 2.24) is 9.55 Å². The summed E-state index contributed by atoms with van der Waals surface area (Å²) in [6, 6.07) is 4.98. The first-order valence-corrected chi connectivity index (χ1v) is 5.09. The highest BCUT2D eigenvalue weighted by atomic mass is 16.5. The zero-order chi connectivity index (χ0) is 12.4. The van der Waals surface area contributed by atoms with Crippen LogP contribution in [-0.2, 0) is 7.05 Å². The fourth-order valence-corrected chi connectivity index (χ4v) is 1.56. The summed E-state index contributed by atoms with van der Waals surface area (Å²) in [7, 11) is 3.30. The van der Waals surface area contributed by atoms with E-state index in [0.717, 1.165) is 0 Å². The summed E-state index contributed by atoms with van der Waals surface area (Å²) in [6.07, 6.45) is 3.28. The monoisotopic (exact) mass is 231 g/mol. The van der Waals surface area contributed by atoms with E-state index in [4.69, 9.17) is 10.5 Å². The number of ketones is 1. The van der Waals surface area contributed by atoms with Crippen LogP contribution < -0.4 is 10.5 Å². The molecule has 1 aromatic carbocycles. The van der Waals surface area contributed by atoms with Gasteiger partial charge in [-0.25, -0.2) is 4.98 Å². The Labute approximate surface area is 98.8 Å². The van der Waals surface area contributed by atoms with Crippen molar-refractivity contribution in [3.05, 3.63) is 42.0 Å². The molecule has 2 N–H and O–H groups in total. The van der Waals surface area contributed by atoms with Crippen molar-refractivity contribution < 1.29 is 9.53 Å². The topological polar surface area (TPSA) is 70.1 Å². The lowest BCUT2D eigenvalue weighted by molar-refractivity contribution is 0.102. The molecule has 2 aromatic rings. The molecule has 0 aliphatic heterocycles. The summed E-state index contributed by atoms with van der Waals surface area (Å²) in [5, 5.41) is 0. The van der Waals surface area contributed by atoms with E-state index in [9.17, 15) is 4.79 Å². The van der Waals surface area contributed by atoms with Crippen molar-refractivity contribution >= 4 is 11.5 Å². The quantitative estimate of drug-likeness (QED) is 0.637. The Morgan fingerprint density at radius 1 is 1.47 bits per heavy atom. The lowest BCUT2D eigenvalue weighted by Gasteiger charge is -2.07. The van der Waals surface area contributed by atoms with Gasteiger partial charge in [0.05, 0.1) is 12.7 Å². The molecule has 0 fully saturated rings. The van der Waals surface area contributed by atoms with Crippen molar-refractivity contribution in [3.63, 3.8) is 0 Å². The Kier molecular flexibility index (Phi) is 2.82. The minimum absolute atomic E-state index is 0.214. The Bertz CT molecular complexity index is 561. The van der Waals surface area contributed by atoms with Gasteiger partial charge >= 0.3 is 0 Å². The van der Waals surface area contributed by atoms with Crippen molar-refractivity contribution in [2.75, 3.05) is 12.8 Å². The molecule has 5 heteroatoms. The minimum atomic E-state index is -0.214. The van der Waals surface area contributed by atoms with Crippen molar-refractivity contribution in [2.24, 2.45) is 7.05 Å². The number of hydrogen-bond donors (Lipinski definition) is 1. The largest absolute Gasteiger partial charge is 0.497 e. The van der Waals surface area contributed by atoms with Gasteiger partial charge in [-0.2, -0.15) is 0 Å². The van der Waals surface area contributed by atoms with Crippen LogP contribution >= 0.6 is 0 Å². The van der Waals surface area contributed by atoms with Gasteiger partial charge in [0.2, 0.25) is 5.78 Å². The van der Waals surface area contributed by atoms with Crippen LogP contribution in [0.5, 0.6) is 5.75 Å². The number of aryl methyl sites for hydroxylation is 1. The van der Waals surface area contributed by atoms with Crippen LogP contribution in [0.2, 0.25) is 0 Å². The van der Waals surface area contributed by atoms with E-state index in [1.165, 1.54) is 0 Å². The van der Waals surface area contributed by atoms with Gasteiger partial charge in [0.25, 0.3) is 0 Å². The molecule has 0 aliphatic rings. The fraction of sp³-hybridized carbons (Fsp3) is 0.167. The summed E-state index contributed by atoms with van der Waals surface area (Å²) in [6.45, 7) is 0. The normalized spacial score (nSPS) is 10.2. The molecule has 0 bridgehead atoms. The van der Waals surface area contributed by atoms with E-state index in [1.807, 2.05) is 0 Å². The summed E-state index contributed by atoms with van der Waals surface area (Å²) >= 11 is 0. The lowest BCUT2D eigenvalue weighted by Crippen LogP contribution is -2.11. The molecule has 0 radical (unpaired) electrons. The average Bonchev–Trinajstić information content (AvgIpc) is 2.75. The van der Waals surface area contributed by atoms with Crippen LogP contribution in [0.25, 0.3) is 0 Å². The van der Waals surface area contributed by atoms with E-state index in [0.29, 0.717) is 22.8 Å². The number of imidazole rings is 1. The molecule has 0 spiro atoms. The molecule has 0 atom stereocenters. The van der Waals surface area contributed by atoms with E-state index in [-0.39, 0.29) is 5.78 Å². The van der Waals surface area contributed by atoms with Crippen molar-refractivity contribution in [3.8, 4) is 5.75 Å². The number of ether oxygens (including phenoxy) is 1. The Hall–Kier alpha value is -2.30. The van der Waals surface area contributed by atoms with Crippen LogP contribution in [0.3, 0.4) is 0 Å². The predicted molar refractivity (Wildman–Crippen MR) is 64.0 cm³/mol. The highest BCUT2D eigenvalue weighted by Crippen LogP contribution is 2.21. The highest BCUT2D eigenvalue weighted by Gasteiger charge is 2.17. The number of benzene rings is 1. The number of nitrogens with zero attached hydrogens (tertiary/aromatic N) is 2. The number of nitrogen functional groups attached to an aromatic ring is 1. The lowest BCUT2D eigenvalue weighted by atomic mass is 10.1. The molecule has 5 nitrogen and oxygen atoms in total. The van der Waals surface area contributed by atoms with Crippen molar-refractivity contribution in [1.29, 1.82) is 0 Å². The van der Waals surface area contributed by atoms with Crippen LogP contribution in [-0.4, -0.2) is 22.4 Å². The second-order valence-corrected chi connectivity index (χ2v) is 3.64. The third-order valence-corrected chi connectivity index (χ3v) is 2.53. The molecule has 0 amide bonds. The van der Waals surface area contributed by atoms with Crippen LogP contribution in [0, 0.1) is 0 Å². The SMILES string of the molecule is COc1ccc(N)c(C(=O)c2nccn2C)c1. The maximum absolute atomic E-state index is 12.2. The molecule has 0 saturated carbocycles. The van der Waals surface area contributed by atoms with Gasteiger partial charge in [-0.15, -0.1) is 0 Å². The second kappa shape index (κ2) is 4.29. The molecular weight excluding hydrogens is 218 g/mol. The summed E-state index contributed by atoms with van der Waals surface area (Å²) in [5.74, 6) is 0.732. The Morgan fingerprint density at radius 3 is 2.82 bits per heavy atom. The predicted octanol–water partition coefficient (Wildman–Crippen LogP) is 1.24. The number of carbonyl (C=O) groups excluding carboxylic acids is 1. The Balaban J connectivity index is 2.47. The fourth-order valence-electron chi connectivity index (χ4n) is 1.56. The molecule has 1 heterocycles. The Morgan fingerprint density at radius 2 is 2.24 bits per heavy atom. The van der Waals surface area contributed by atoms with Gasteiger partial charge in [0, 0.05) is 25.1 Å². The second-order valence-electron chi connectivity index (χ2n) is 3.64. The number of methoxy groups -OCH3 is 1. The number of anilines is 1. The average molecular weight is 231 g/mol. The van der Waals surface area contributed by atoms with E-state index in [2.05, 4.69) is 4.98 Å². The maximum atomic E-state index is 12.2. The molecule has 88 valence electrons. The van der Waals surface area contributed by atoms with E-state index in [1.54, 1.807) is 49.3 Å². The van der Waals surface area contributed by atoms with Gasteiger partial charge in [-0.05, 0) is 18.2 Å². The summed E-state index contributed by atoms with van der Waals surface area (Å²) in [5.41, 5.74) is 6.60. The van der Waals surface area contributed by atoms with Gasteiger partial charge < -0.3 is 15.0 Å². The van der Waals surface area contributed by atoms with Gasteiger partial charge in [0.15, 0.2) is 5.82 Å². The highest BCUT2D eigenvalue weighted by molar-refractivity contribution is 6.10. The zero-order valence-electron chi connectivity index (χ0n) is 9.68.